The molecule has 4 N–H and O–H groups in total. The topological polar surface area (TPSA) is 97.1 Å². The summed E-state index contributed by atoms with van der Waals surface area (Å²) in [6.07, 6.45) is 3.03. The summed E-state index contributed by atoms with van der Waals surface area (Å²) in [7, 11) is 0. The highest BCUT2D eigenvalue weighted by Gasteiger charge is 2.13. The molecule has 0 aliphatic carbocycles. The maximum Gasteiger partial charge on any atom is 0.257 e. The Kier molecular flexibility index (Phi) is 6.98. The first kappa shape index (κ1) is 21.0. The van der Waals surface area contributed by atoms with Crippen molar-refractivity contribution < 1.29 is 9.59 Å². The molecule has 0 saturated carbocycles. The van der Waals surface area contributed by atoms with E-state index in [2.05, 4.69) is 31.5 Å². The minimum atomic E-state index is -0.377. The smallest absolute Gasteiger partial charge is 0.257 e. The van der Waals surface area contributed by atoms with Gasteiger partial charge in [0.15, 0.2) is 0 Å². The van der Waals surface area contributed by atoms with Gasteiger partial charge in [0.25, 0.3) is 11.8 Å². The van der Waals surface area contributed by atoms with Gasteiger partial charge in [0.05, 0.1) is 16.3 Å². The van der Waals surface area contributed by atoms with Crippen LogP contribution in [0.1, 0.15) is 31.8 Å². The fourth-order valence-electron chi connectivity index (χ4n) is 2.57. The van der Waals surface area contributed by atoms with E-state index in [1.54, 1.807) is 30.5 Å². The Labute approximate surface area is 181 Å². The van der Waals surface area contributed by atoms with Crippen LogP contribution in [0.4, 0.5) is 5.69 Å². The fourth-order valence-corrected chi connectivity index (χ4v) is 3.10. The highest BCUT2D eigenvalue weighted by atomic mass is 79.9. The number of anilines is 1. The molecule has 3 aromatic rings. The number of nitrogens with one attached hydrogen (secondary N) is 2. The molecule has 0 fully saturated rings. The normalized spacial score (nSPS) is 10.4. The van der Waals surface area contributed by atoms with Gasteiger partial charge >= 0.3 is 0 Å². The van der Waals surface area contributed by atoms with Crippen molar-refractivity contribution in [3.63, 3.8) is 0 Å². The van der Waals surface area contributed by atoms with Crippen molar-refractivity contribution >= 4 is 45.0 Å². The van der Waals surface area contributed by atoms with Crippen LogP contribution in [0.2, 0.25) is 5.02 Å². The van der Waals surface area contributed by atoms with Gasteiger partial charge in [0.1, 0.15) is 0 Å². The molecule has 1 heterocycles. The first-order valence-electron chi connectivity index (χ1n) is 8.74. The van der Waals surface area contributed by atoms with E-state index in [1.807, 2.05) is 24.3 Å². The summed E-state index contributed by atoms with van der Waals surface area (Å²) in [5.41, 5.74) is 8.67. The van der Waals surface area contributed by atoms with Crippen molar-refractivity contribution in [2.75, 3.05) is 5.32 Å². The van der Waals surface area contributed by atoms with Crippen LogP contribution in [0.5, 0.6) is 0 Å². The average Bonchev–Trinajstić information content (AvgIpc) is 2.74. The van der Waals surface area contributed by atoms with E-state index in [4.69, 9.17) is 17.3 Å². The van der Waals surface area contributed by atoms with Crippen molar-refractivity contribution in [1.82, 2.24) is 10.3 Å². The molecule has 8 heteroatoms. The lowest BCUT2D eigenvalue weighted by Crippen LogP contribution is -2.23. The quantitative estimate of drug-likeness (QED) is 0.501. The minimum absolute atomic E-state index is 0.274. The Bertz CT molecular complexity index is 1040. The summed E-state index contributed by atoms with van der Waals surface area (Å²) in [5, 5.41) is 5.89. The molecular weight excluding hydrogens is 456 g/mol. The Morgan fingerprint density at radius 2 is 1.69 bits per heavy atom. The van der Waals surface area contributed by atoms with Gasteiger partial charge < -0.3 is 16.4 Å². The van der Waals surface area contributed by atoms with Gasteiger partial charge in [0.2, 0.25) is 0 Å². The SMILES string of the molecule is NCc1ccc(CNC(=O)c2ccc(Cl)c(NC(=O)c3cncc(Br)c3)c2)cc1. The zero-order valence-corrected chi connectivity index (χ0v) is 17.6. The van der Waals surface area contributed by atoms with Gasteiger partial charge in [0, 0.05) is 35.5 Å². The third kappa shape index (κ3) is 5.63. The monoisotopic (exact) mass is 472 g/mol. The number of rotatable bonds is 6. The molecule has 2 amide bonds. The summed E-state index contributed by atoms with van der Waals surface area (Å²) >= 11 is 9.46. The van der Waals surface area contributed by atoms with E-state index in [1.165, 1.54) is 6.20 Å². The van der Waals surface area contributed by atoms with Crippen molar-refractivity contribution in [2.45, 2.75) is 13.1 Å². The molecular formula is C21H18BrClN4O2. The maximum absolute atomic E-state index is 12.5. The molecule has 0 radical (unpaired) electrons. The predicted molar refractivity (Wildman–Crippen MR) is 117 cm³/mol. The zero-order chi connectivity index (χ0) is 20.8. The number of nitrogens with zero attached hydrogens (tertiary/aromatic N) is 1. The first-order valence-corrected chi connectivity index (χ1v) is 9.91. The summed E-state index contributed by atoms with van der Waals surface area (Å²) < 4.78 is 0.684. The molecule has 0 bridgehead atoms. The molecule has 6 nitrogen and oxygen atoms in total. The van der Waals surface area contributed by atoms with Crippen molar-refractivity contribution in [1.29, 1.82) is 0 Å². The Morgan fingerprint density at radius 1 is 0.966 bits per heavy atom. The van der Waals surface area contributed by atoms with Gasteiger partial charge in [-0.15, -0.1) is 0 Å². The lowest BCUT2D eigenvalue weighted by atomic mass is 10.1. The second-order valence-electron chi connectivity index (χ2n) is 6.24. The van der Waals surface area contributed by atoms with E-state index in [9.17, 15) is 9.59 Å². The number of hydrogen-bond acceptors (Lipinski definition) is 4. The van der Waals surface area contributed by atoms with Crippen LogP contribution in [0.3, 0.4) is 0 Å². The second-order valence-corrected chi connectivity index (χ2v) is 7.57. The number of aromatic nitrogens is 1. The van der Waals surface area contributed by atoms with Crippen LogP contribution in [0.25, 0.3) is 0 Å². The summed E-state index contributed by atoms with van der Waals surface area (Å²) in [5.74, 6) is -0.651. The number of pyridine rings is 1. The van der Waals surface area contributed by atoms with Crippen LogP contribution in [0, 0.1) is 0 Å². The van der Waals surface area contributed by atoms with Gasteiger partial charge in [-0.05, 0) is 51.3 Å². The van der Waals surface area contributed by atoms with Crippen LogP contribution in [-0.2, 0) is 13.1 Å². The highest BCUT2D eigenvalue weighted by Crippen LogP contribution is 2.24. The van der Waals surface area contributed by atoms with Gasteiger partial charge in [-0.2, -0.15) is 0 Å². The lowest BCUT2D eigenvalue weighted by molar-refractivity contribution is 0.0949. The van der Waals surface area contributed by atoms with E-state index in [-0.39, 0.29) is 11.8 Å². The molecule has 0 saturated heterocycles. The molecule has 0 spiro atoms. The third-order valence-corrected chi connectivity index (χ3v) is 4.92. The number of nitrogens with two attached hydrogens (primary N) is 1. The van der Waals surface area contributed by atoms with Crippen LogP contribution in [-0.4, -0.2) is 16.8 Å². The number of halogens is 2. The average molecular weight is 474 g/mol. The Morgan fingerprint density at radius 3 is 2.38 bits per heavy atom. The largest absolute Gasteiger partial charge is 0.348 e. The predicted octanol–water partition coefficient (Wildman–Crippen LogP) is 4.14. The van der Waals surface area contributed by atoms with E-state index < -0.39 is 0 Å². The third-order valence-electron chi connectivity index (χ3n) is 4.16. The van der Waals surface area contributed by atoms with Gasteiger partial charge in [-0.3, -0.25) is 14.6 Å². The maximum atomic E-state index is 12.5. The number of carbonyl (C=O) groups is 2. The van der Waals surface area contributed by atoms with Crippen molar-refractivity contribution in [3.8, 4) is 0 Å². The van der Waals surface area contributed by atoms with Crippen LogP contribution >= 0.6 is 27.5 Å². The van der Waals surface area contributed by atoms with Crippen LogP contribution < -0.4 is 16.4 Å². The van der Waals surface area contributed by atoms with Gasteiger partial charge in [-0.1, -0.05) is 35.9 Å². The van der Waals surface area contributed by atoms with Gasteiger partial charge in [-0.25, -0.2) is 0 Å². The molecule has 0 aliphatic rings. The molecule has 148 valence electrons. The standard InChI is InChI=1S/C21H18BrClN4O2/c22-17-7-16(11-25-12-17)21(29)27-19-8-15(5-6-18(19)23)20(28)26-10-14-3-1-13(9-24)2-4-14/h1-8,11-12H,9-10,24H2,(H,26,28)(H,27,29). The Hall–Kier alpha value is -2.74. The van der Waals surface area contributed by atoms with E-state index >= 15 is 0 Å². The summed E-state index contributed by atoms with van der Waals surface area (Å²) in [4.78, 5) is 28.9. The number of amides is 2. The minimum Gasteiger partial charge on any atom is -0.348 e. The fraction of sp³-hybridized carbons (Fsp3) is 0.0952. The molecule has 2 aromatic carbocycles. The summed E-state index contributed by atoms with van der Waals surface area (Å²) in [6, 6.07) is 14.0. The van der Waals surface area contributed by atoms with Crippen molar-refractivity contribution in [3.05, 3.63) is 92.7 Å². The molecule has 0 aliphatic heterocycles. The van der Waals surface area contributed by atoms with E-state index in [0.29, 0.717) is 39.4 Å². The zero-order valence-electron chi connectivity index (χ0n) is 15.3. The van der Waals surface area contributed by atoms with Crippen molar-refractivity contribution in [2.24, 2.45) is 5.73 Å². The molecule has 0 atom stereocenters. The number of benzene rings is 2. The highest BCUT2D eigenvalue weighted by molar-refractivity contribution is 9.10. The molecule has 3 rings (SSSR count). The molecule has 0 unspecified atom stereocenters. The Balaban J connectivity index is 1.68. The first-order chi connectivity index (χ1) is 14.0. The number of carbonyl (C=O) groups excluding carboxylic acids is 2. The lowest BCUT2D eigenvalue weighted by Gasteiger charge is -2.10. The molecule has 29 heavy (non-hydrogen) atoms. The van der Waals surface area contributed by atoms with Crippen LogP contribution in [0.15, 0.2) is 65.4 Å². The number of hydrogen-bond donors (Lipinski definition) is 3. The summed E-state index contributed by atoms with van der Waals surface area (Å²) in [6.45, 7) is 0.847. The second kappa shape index (κ2) is 9.65. The van der Waals surface area contributed by atoms with E-state index in [0.717, 1.165) is 11.1 Å². The molecule has 1 aromatic heterocycles.